The summed E-state index contributed by atoms with van der Waals surface area (Å²) in [5, 5.41) is 18.3. The van der Waals surface area contributed by atoms with Gasteiger partial charge in [0.25, 0.3) is 0 Å². The molecule has 0 saturated carbocycles. The quantitative estimate of drug-likeness (QED) is 0.742. The molecule has 122 valence electrons. The Morgan fingerprint density at radius 1 is 1.39 bits per heavy atom. The number of hydrogen-bond donors (Lipinski definition) is 3. The van der Waals surface area contributed by atoms with Gasteiger partial charge in [-0.25, -0.2) is 23.3 Å². The van der Waals surface area contributed by atoms with Gasteiger partial charge in [0.1, 0.15) is 5.01 Å². The van der Waals surface area contributed by atoms with E-state index < -0.39 is 16.0 Å². The number of hydrogen-bond acceptors (Lipinski definition) is 6. The lowest BCUT2D eigenvalue weighted by Crippen LogP contribution is -2.14. The van der Waals surface area contributed by atoms with Crippen LogP contribution in [0.2, 0.25) is 0 Å². The summed E-state index contributed by atoms with van der Waals surface area (Å²) in [4.78, 5) is 26.3. The molecule has 0 spiro atoms. The van der Waals surface area contributed by atoms with Crippen LogP contribution < -0.4 is 10.5 Å². The number of aromatic nitrogens is 1. The van der Waals surface area contributed by atoms with E-state index in [0.29, 0.717) is 5.69 Å². The number of amides is 1. The average molecular weight is 355 g/mol. The molecule has 0 fully saturated rings. The lowest BCUT2D eigenvalue weighted by molar-refractivity contribution is -0.115. The van der Waals surface area contributed by atoms with Gasteiger partial charge < -0.3 is 10.4 Å². The first-order valence-electron chi connectivity index (χ1n) is 6.38. The average Bonchev–Trinajstić information content (AvgIpc) is 2.96. The number of carboxylic acid groups (broad SMARTS) is 1. The van der Waals surface area contributed by atoms with Gasteiger partial charge in [-0.2, -0.15) is 0 Å². The third kappa shape index (κ3) is 3.92. The van der Waals surface area contributed by atoms with Crippen LogP contribution in [0, 0.1) is 0 Å². The molecule has 23 heavy (non-hydrogen) atoms. The van der Waals surface area contributed by atoms with Crippen molar-refractivity contribution in [2.24, 2.45) is 5.14 Å². The van der Waals surface area contributed by atoms with Crippen molar-refractivity contribution in [2.45, 2.75) is 18.2 Å². The monoisotopic (exact) mass is 355 g/mol. The first-order valence-corrected chi connectivity index (χ1v) is 8.81. The van der Waals surface area contributed by atoms with Gasteiger partial charge in [-0.05, 0) is 18.2 Å². The van der Waals surface area contributed by atoms with E-state index in [9.17, 15) is 18.0 Å². The Balaban J connectivity index is 2.59. The molecule has 1 aromatic carbocycles. The predicted octanol–water partition coefficient (Wildman–Crippen LogP) is 1.50. The maximum absolute atomic E-state index is 11.6. The molecule has 0 bridgehead atoms. The second-order valence-corrected chi connectivity index (χ2v) is 6.92. The molecule has 2 rings (SSSR count). The summed E-state index contributed by atoms with van der Waals surface area (Å²) in [7, 11) is -3.95. The zero-order valence-corrected chi connectivity index (χ0v) is 13.6. The van der Waals surface area contributed by atoms with E-state index in [-0.39, 0.29) is 33.5 Å². The number of primary sulfonamides is 1. The molecule has 1 heterocycles. The summed E-state index contributed by atoms with van der Waals surface area (Å²) < 4.78 is 23.0. The van der Waals surface area contributed by atoms with Gasteiger partial charge in [0, 0.05) is 17.4 Å². The van der Waals surface area contributed by atoms with Crippen molar-refractivity contribution in [3.8, 4) is 10.6 Å². The molecular weight excluding hydrogens is 342 g/mol. The molecule has 0 unspecified atom stereocenters. The van der Waals surface area contributed by atoms with Crippen molar-refractivity contribution < 1.29 is 23.1 Å². The number of nitrogens with two attached hydrogens (primary N) is 1. The fourth-order valence-electron chi connectivity index (χ4n) is 1.72. The molecule has 0 saturated heterocycles. The smallest absolute Gasteiger partial charge is 0.355 e. The minimum atomic E-state index is -3.95. The number of nitrogens with zero attached hydrogens (tertiary/aromatic N) is 1. The van der Waals surface area contributed by atoms with Crippen molar-refractivity contribution in [1.29, 1.82) is 0 Å². The Bertz CT molecular complexity index is 873. The minimum absolute atomic E-state index is 0.158. The lowest BCUT2D eigenvalue weighted by Gasteiger charge is -2.10. The summed E-state index contributed by atoms with van der Waals surface area (Å²) in [6, 6.07) is 3.91. The van der Waals surface area contributed by atoms with Crippen molar-refractivity contribution >= 4 is 38.9 Å². The fourth-order valence-corrected chi connectivity index (χ4v) is 3.08. The fraction of sp³-hybridized carbons (Fsp3) is 0.154. The van der Waals surface area contributed by atoms with Gasteiger partial charge in [0.05, 0.1) is 10.6 Å². The van der Waals surface area contributed by atoms with E-state index in [0.717, 1.165) is 11.3 Å². The second-order valence-electron chi connectivity index (χ2n) is 4.50. The highest BCUT2D eigenvalue weighted by Gasteiger charge is 2.18. The molecule has 0 aliphatic carbocycles. The maximum atomic E-state index is 11.6. The largest absolute Gasteiger partial charge is 0.476 e. The standard InChI is InChI=1S/C13H13N3O5S2/c1-2-11(17)15-9-4-3-7(23(14,20)21)5-8(9)12-16-10(6-22-12)13(18)19/h3-6H,2H2,1H3,(H,15,17)(H,18,19)(H2,14,20,21). The van der Waals surface area contributed by atoms with Gasteiger partial charge in [0.15, 0.2) is 5.69 Å². The Morgan fingerprint density at radius 2 is 2.09 bits per heavy atom. The van der Waals surface area contributed by atoms with Crippen molar-refractivity contribution in [3.63, 3.8) is 0 Å². The molecule has 0 radical (unpaired) electrons. The molecule has 1 aromatic heterocycles. The van der Waals surface area contributed by atoms with Gasteiger partial charge >= 0.3 is 5.97 Å². The van der Waals surface area contributed by atoms with E-state index in [4.69, 9.17) is 10.2 Å². The van der Waals surface area contributed by atoms with E-state index in [1.807, 2.05) is 0 Å². The Labute approximate surface area is 136 Å². The SMILES string of the molecule is CCC(=O)Nc1ccc(S(N)(=O)=O)cc1-c1nc(C(=O)O)cs1. The first-order chi connectivity index (χ1) is 10.7. The molecule has 1 amide bonds. The third-order valence-corrected chi connectivity index (χ3v) is 4.66. The number of carboxylic acids is 1. The molecule has 8 nitrogen and oxygen atoms in total. The Hall–Kier alpha value is -2.30. The van der Waals surface area contributed by atoms with Crippen LogP contribution in [0.15, 0.2) is 28.5 Å². The zero-order valence-electron chi connectivity index (χ0n) is 11.9. The topological polar surface area (TPSA) is 139 Å². The Kier molecular flexibility index (Phi) is 4.78. The molecule has 4 N–H and O–H groups in total. The summed E-state index contributed by atoms with van der Waals surface area (Å²) in [6.45, 7) is 1.67. The number of carbonyl (C=O) groups is 2. The maximum Gasteiger partial charge on any atom is 0.355 e. The summed E-state index contributed by atoms with van der Waals surface area (Å²) in [6.07, 6.45) is 0.231. The summed E-state index contributed by atoms with van der Waals surface area (Å²) >= 11 is 1.02. The van der Waals surface area contributed by atoms with Crippen LogP contribution in [0.25, 0.3) is 10.6 Å². The van der Waals surface area contributed by atoms with Crippen LogP contribution in [0.1, 0.15) is 23.8 Å². The van der Waals surface area contributed by atoms with Crippen LogP contribution in [0.4, 0.5) is 5.69 Å². The van der Waals surface area contributed by atoms with Crippen LogP contribution in [-0.2, 0) is 14.8 Å². The van der Waals surface area contributed by atoms with Gasteiger partial charge in [0.2, 0.25) is 15.9 Å². The number of thiazole rings is 1. The molecule has 0 aliphatic heterocycles. The number of benzene rings is 1. The van der Waals surface area contributed by atoms with Crippen LogP contribution in [0.3, 0.4) is 0 Å². The number of carbonyl (C=O) groups excluding carboxylic acids is 1. The van der Waals surface area contributed by atoms with E-state index in [1.165, 1.54) is 23.6 Å². The van der Waals surface area contributed by atoms with E-state index in [1.54, 1.807) is 6.92 Å². The number of aromatic carboxylic acids is 1. The van der Waals surface area contributed by atoms with Gasteiger partial charge in [-0.3, -0.25) is 4.79 Å². The van der Waals surface area contributed by atoms with Crippen molar-refractivity contribution in [3.05, 3.63) is 29.3 Å². The van der Waals surface area contributed by atoms with Crippen molar-refractivity contribution in [1.82, 2.24) is 4.98 Å². The van der Waals surface area contributed by atoms with Gasteiger partial charge in [-0.15, -0.1) is 11.3 Å². The predicted molar refractivity (Wildman–Crippen MR) is 84.8 cm³/mol. The van der Waals surface area contributed by atoms with E-state index >= 15 is 0 Å². The molecule has 0 aliphatic rings. The number of sulfonamides is 1. The molecule has 10 heteroatoms. The zero-order chi connectivity index (χ0) is 17.2. The summed E-state index contributed by atoms with van der Waals surface area (Å²) in [5.41, 5.74) is 0.449. The highest BCUT2D eigenvalue weighted by Crippen LogP contribution is 2.32. The first kappa shape index (κ1) is 17.1. The Morgan fingerprint density at radius 3 is 2.61 bits per heavy atom. The van der Waals surface area contributed by atoms with E-state index in [2.05, 4.69) is 10.3 Å². The second kappa shape index (κ2) is 6.44. The number of anilines is 1. The third-order valence-electron chi connectivity index (χ3n) is 2.87. The van der Waals surface area contributed by atoms with Gasteiger partial charge in [-0.1, -0.05) is 6.92 Å². The van der Waals surface area contributed by atoms with Crippen LogP contribution in [0.5, 0.6) is 0 Å². The number of rotatable bonds is 5. The summed E-state index contributed by atoms with van der Waals surface area (Å²) in [5.74, 6) is -1.47. The molecule has 2 aromatic rings. The minimum Gasteiger partial charge on any atom is -0.476 e. The number of nitrogens with one attached hydrogen (secondary N) is 1. The molecule has 0 atom stereocenters. The normalized spacial score (nSPS) is 11.2. The lowest BCUT2D eigenvalue weighted by atomic mass is 10.2. The molecular formula is C13H13N3O5S2. The van der Waals surface area contributed by atoms with Crippen molar-refractivity contribution in [2.75, 3.05) is 5.32 Å². The highest BCUT2D eigenvalue weighted by atomic mass is 32.2. The van der Waals surface area contributed by atoms with Crippen LogP contribution >= 0.6 is 11.3 Å². The van der Waals surface area contributed by atoms with Crippen LogP contribution in [-0.4, -0.2) is 30.4 Å². The highest BCUT2D eigenvalue weighted by molar-refractivity contribution is 7.89.